The second-order valence-corrected chi connectivity index (χ2v) is 9.99. The predicted molar refractivity (Wildman–Crippen MR) is 136 cm³/mol. The topological polar surface area (TPSA) is 107 Å². The molecule has 1 aliphatic heterocycles. The van der Waals surface area contributed by atoms with Crippen LogP contribution in [-0.2, 0) is 6.54 Å². The molecule has 2 aromatic rings. The molecular weight excluding hydrogens is 450 g/mol. The average molecular weight is 486 g/mol. The van der Waals surface area contributed by atoms with E-state index >= 15 is 0 Å². The van der Waals surface area contributed by atoms with Gasteiger partial charge in [0, 0.05) is 68.8 Å². The van der Waals surface area contributed by atoms with Gasteiger partial charge in [0.2, 0.25) is 0 Å². The van der Waals surface area contributed by atoms with Crippen LogP contribution in [0.15, 0.2) is 29.1 Å². The summed E-state index contributed by atoms with van der Waals surface area (Å²) in [6, 6.07) is 3.81. The van der Waals surface area contributed by atoms with Gasteiger partial charge in [-0.2, -0.15) is 0 Å². The maximum Gasteiger partial charge on any atom is 0.317 e. The Bertz CT molecular complexity index is 950. The summed E-state index contributed by atoms with van der Waals surface area (Å²) in [6.07, 6.45) is 6.14. The molecule has 184 valence electrons. The Hall–Kier alpha value is -2.69. The quantitative estimate of drug-likeness (QED) is 0.531. The number of likely N-dealkylation sites (N-methyl/N-ethyl adjacent to an activating group) is 1. The van der Waals surface area contributed by atoms with Crippen molar-refractivity contribution >= 4 is 34.6 Å². The molecule has 0 unspecified atom stereocenters. The van der Waals surface area contributed by atoms with E-state index in [1.807, 2.05) is 11.0 Å². The van der Waals surface area contributed by atoms with Crippen LogP contribution < -0.4 is 16.4 Å². The first-order valence-corrected chi connectivity index (χ1v) is 13.0. The molecule has 2 aliphatic rings. The van der Waals surface area contributed by atoms with Crippen molar-refractivity contribution in [3.63, 3.8) is 0 Å². The molecule has 0 aromatic carbocycles. The van der Waals surface area contributed by atoms with E-state index in [0.717, 1.165) is 51.1 Å². The Morgan fingerprint density at radius 3 is 2.59 bits per heavy atom. The highest BCUT2D eigenvalue weighted by Crippen LogP contribution is 2.23. The van der Waals surface area contributed by atoms with Gasteiger partial charge in [0.25, 0.3) is 5.91 Å². The van der Waals surface area contributed by atoms with Gasteiger partial charge in [-0.3, -0.25) is 14.7 Å². The van der Waals surface area contributed by atoms with Crippen LogP contribution in [0, 0.1) is 0 Å². The molecule has 1 saturated carbocycles. The summed E-state index contributed by atoms with van der Waals surface area (Å²) in [6.45, 7) is 6.11. The molecule has 2 fully saturated rings. The fourth-order valence-electron chi connectivity index (χ4n) is 4.39. The minimum absolute atomic E-state index is 0.0178. The molecule has 3 amide bonds. The number of aromatic nitrogens is 1. The van der Waals surface area contributed by atoms with Crippen LogP contribution >= 0.6 is 11.3 Å². The fourth-order valence-corrected chi connectivity index (χ4v) is 5.06. The standard InChI is InChI=1S/C24H35N7O2S/c1-29-8-10-30(11-9-29)12-13-31(24(33)27-19-4-2-3-5-19)15-18-6-7-21(26-14-18)23(32)28-22-17-34-16-20(22)25/h6-7,14,16-17,19H,2-5,8-13,15,25H2,1H3,(H,27,33)(H,28,32). The average Bonchev–Trinajstić information content (AvgIpc) is 3.50. The van der Waals surface area contributed by atoms with Gasteiger partial charge in [0.1, 0.15) is 5.69 Å². The minimum Gasteiger partial charge on any atom is -0.396 e. The summed E-state index contributed by atoms with van der Waals surface area (Å²) in [5.41, 5.74) is 8.19. The summed E-state index contributed by atoms with van der Waals surface area (Å²) in [4.78, 5) is 36.6. The van der Waals surface area contributed by atoms with Crippen LogP contribution in [0.3, 0.4) is 0 Å². The number of hydrogen-bond donors (Lipinski definition) is 3. The lowest BCUT2D eigenvalue weighted by Gasteiger charge is -2.34. The zero-order valence-corrected chi connectivity index (χ0v) is 20.6. The first-order chi connectivity index (χ1) is 16.5. The number of anilines is 2. The Labute approximate surface area is 205 Å². The smallest absolute Gasteiger partial charge is 0.317 e. The van der Waals surface area contributed by atoms with E-state index in [9.17, 15) is 9.59 Å². The van der Waals surface area contributed by atoms with Crippen molar-refractivity contribution < 1.29 is 9.59 Å². The number of pyridine rings is 1. The summed E-state index contributed by atoms with van der Waals surface area (Å²) in [7, 11) is 2.14. The largest absolute Gasteiger partial charge is 0.396 e. The number of piperazine rings is 1. The second-order valence-electron chi connectivity index (χ2n) is 9.24. The number of thiophene rings is 1. The van der Waals surface area contributed by atoms with E-state index < -0.39 is 0 Å². The Balaban J connectivity index is 1.37. The molecule has 34 heavy (non-hydrogen) atoms. The fraction of sp³-hybridized carbons (Fsp3) is 0.542. The van der Waals surface area contributed by atoms with Crippen LogP contribution in [0.5, 0.6) is 0 Å². The molecule has 0 atom stereocenters. The molecule has 0 bridgehead atoms. The van der Waals surface area contributed by atoms with Crippen molar-refractivity contribution in [1.29, 1.82) is 0 Å². The molecule has 1 saturated heterocycles. The van der Waals surface area contributed by atoms with Crippen LogP contribution in [0.4, 0.5) is 16.2 Å². The van der Waals surface area contributed by atoms with Crippen LogP contribution in [0.25, 0.3) is 0 Å². The molecule has 1 aliphatic carbocycles. The molecule has 4 rings (SSSR count). The monoisotopic (exact) mass is 485 g/mol. The van der Waals surface area contributed by atoms with Gasteiger partial charge in [-0.15, -0.1) is 11.3 Å². The SMILES string of the molecule is CN1CCN(CCN(Cc2ccc(C(=O)Nc3cscc3N)nc2)C(=O)NC2CCCC2)CC1. The lowest BCUT2D eigenvalue weighted by atomic mass is 10.2. The van der Waals surface area contributed by atoms with Crippen LogP contribution in [0.2, 0.25) is 0 Å². The summed E-state index contributed by atoms with van der Waals surface area (Å²) in [5, 5.41) is 9.58. The van der Waals surface area contributed by atoms with Crippen LogP contribution in [0.1, 0.15) is 41.7 Å². The number of carbonyl (C=O) groups excluding carboxylic acids is 2. The van der Waals surface area contributed by atoms with Gasteiger partial charge >= 0.3 is 6.03 Å². The van der Waals surface area contributed by atoms with E-state index in [-0.39, 0.29) is 18.0 Å². The highest BCUT2D eigenvalue weighted by molar-refractivity contribution is 7.09. The molecule has 0 radical (unpaired) electrons. The predicted octanol–water partition coefficient (Wildman–Crippen LogP) is 2.68. The molecule has 3 heterocycles. The normalized spacial score (nSPS) is 17.6. The van der Waals surface area contributed by atoms with E-state index in [4.69, 9.17) is 5.73 Å². The highest BCUT2D eigenvalue weighted by atomic mass is 32.1. The van der Waals surface area contributed by atoms with Crippen molar-refractivity contribution in [3.8, 4) is 0 Å². The lowest BCUT2D eigenvalue weighted by molar-refractivity contribution is 0.102. The van der Waals surface area contributed by atoms with Crippen molar-refractivity contribution in [2.24, 2.45) is 0 Å². The zero-order valence-electron chi connectivity index (χ0n) is 19.8. The van der Waals surface area contributed by atoms with Gasteiger partial charge < -0.3 is 26.2 Å². The number of urea groups is 1. The Kier molecular flexibility index (Phi) is 8.36. The number of carbonyl (C=O) groups is 2. The third-order valence-electron chi connectivity index (χ3n) is 6.62. The molecule has 4 N–H and O–H groups in total. The number of nitrogen functional groups attached to an aromatic ring is 1. The molecule has 9 nitrogen and oxygen atoms in total. The molecule has 10 heteroatoms. The number of nitrogens with zero attached hydrogens (tertiary/aromatic N) is 4. The van der Waals surface area contributed by atoms with Gasteiger partial charge in [-0.25, -0.2) is 4.79 Å². The Morgan fingerprint density at radius 2 is 1.94 bits per heavy atom. The number of nitrogens with two attached hydrogens (primary N) is 1. The van der Waals surface area contributed by atoms with Gasteiger partial charge in [-0.1, -0.05) is 18.9 Å². The van der Waals surface area contributed by atoms with E-state index in [1.165, 1.54) is 24.2 Å². The first-order valence-electron chi connectivity index (χ1n) is 12.0. The summed E-state index contributed by atoms with van der Waals surface area (Å²) >= 11 is 1.43. The second kappa shape index (κ2) is 11.6. The summed E-state index contributed by atoms with van der Waals surface area (Å²) < 4.78 is 0. The number of hydrogen-bond acceptors (Lipinski definition) is 7. The molecule has 2 aromatic heterocycles. The van der Waals surface area contributed by atoms with Gasteiger partial charge in [0.15, 0.2) is 0 Å². The third kappa shape index (κ3) is 6.68. The minimum atomic E-state index is -0.303. The lowest BCUT2D eigenvalue weighted by Crippen LogP contribution is -2.49. The summed E-state index contributed by atoms with van der Waals surface area (Å²) in [5.74, 6) is -0.303. The number of rotatable bonds is 8. The van der Waals surface area contributed by atoms with Crippen molar-refractivity contribution in [2.75, 3.05) is 57.4 Å². The van der Waals surface area contributed by atoms with Gasteiger partial charge in [0.05, 0.1) is 11.4 Å². The van der Waals surface area contributed by atoms with E-state index in [1.54, 1.807) is 23.0 Å². The van der Waals surface area contributed by atoms with Crippen molar-refractivity contribution in [1.82, 2.24) is 25.0 Å². The highest BCUT2D eigenvalue weighted by Gasteiger charge is 2.23. The first kappa shape index (κ1) is 24.4. The zero-order chi connectivity index (χ0) is 23.9. The van der Waals surface area contributed by atoms with Crippen molar-refractivity contribution in [3.05, 3.63) is 40.3 Å². The van der Waals surface area contributed by atoms with E-state index in [2.05, 4.69) is 32.5 Å². The number of nitrogens with one attached hydrogen (secondary N) is 2. The maximum absolute atomic E-state index is 13.1. The molecular formula is C24H35N7O2S. The maximum atomic E-state index is 13.1. The Morgan fingerprint density at radius 1 is 1.18 bits per heavy atom. The third-order valence-corrected chi connectivity index (χ3v) is 7.38. The molecule has 0 spiro atoms. The van der Waals surface area contributed by atoms with Crippen molar-refractivity contribution in [2.45, 2.75) is 38.3 Å². The van der Waals surface area contributed by atoms with E-state index in [0.29, 0.717) is 30.2 Å². The van der Waals surface area contributed by atoms with Crippen LogP contribution in [-0.4, -0.2) is 84.0 Å². The van der Waals surface area contributed by atoms with Gasteiger partial charge in [-0.05, 0) is 31.5 Å². The number of amides is 3.